The van der Waals surface area contributed by atoms with Crippen molar-refractivity contribution in [2.24, 2.45) is 5.92 Å². The summed E-state index contributed by atoms with van der Waals surface area (Å²) in [5.74, 6) is 1.67. The molecule has 100 valence electrons. The fraction of sp³-hybridized carbons (Fsp3) is 0.600. The van der Waals surface area contributed by atoms with E-state index in [1.165, 1.54) is 25.1 Å². The highest BCUT2D eigenvalue weighted by Gasteiger charge is 2.13. The Morgan fingerprint density at radius 1 is 1.44 bits per heavy atom. The van der Waals surface area contributed by atoms with E-state index in [2.05, 4.69) is 35.3 Å². The van der Waals surface area contributed by atoms with Gasteiger partial charge in [0.15, 0.2) is 0 Å². The predicted octanol–water partition coefficient (Wildman–Crippen LogP) is 2.13. The molecule has 1 N–H and O–H groups in total. The Morgan fingerprint density at radius 3 is 3.17 bits per heavy atom. The summed E-state index contributed by atoms with van der Waals surface area (Å²) in [6.07, 6.45) is 1.23. The zero-order valence-corrected chi connectivity index (χ0v) is 11.5. The smallest absolute Gasteiger partial charge is 0.119 e. The van der Waals surface area contributed by atoms with Crippen molar-refractivity contribution in [1.82, 2.24) is 10.2 Å². The molecule has 3 heteroatoms. The molecule has 0 radical (unpaired) electrons. The monoisotopic (exact) mass is 248 g/mol. The molecule has 3 nitrogen and oxygen atoms in total. The number of hydrogen-bond donors (Lipinski definition) is 1. The molecule has 2 rings (SSSR count). The van der Waals surface area contributed by atoms with E-state index in [1.807, 2.05) is 6.07 Å². The van der Waals surface area contributed by atoms with Crippen molar-refractivity contribution >= 4 is 0 Å². The van der Waals surface area contributed by atoms with Crippen molar-refractivity contribution < 1.29 is 4.74 Å². The highest BCUT2D eigenvalue weighted by molar-refractivity contribution is 5.28. The molecule has 1 atom stereocenters. The van der Waals surface area contributed by atoms with E-state index in [9.17, 15) is 0 Å². The predicted molar refractivity (Wildman–Crippen MR) is 74.9 cm³/mol. The van der Waals surface area contributed by atoms with Gasteiger partial charge in [0.2, 0.25) is 0 Å². The molecule has 1 fully saturated rings. The molecule has 0 spiro atoms. The maximum Gasteiger partial charge on any atom is 0.119 e. The van der Waals surface area contributed by atoms with Crippen LogP contribution in [0.25, 0.3) is 0 Å². The van der Waals surface area contributed by atoms with E-state index in [1.54, 1.807) is 7.11 Å². The normalized spacial score (nSPS) is 22.2. The van der Waals surface area contributed by atoms with Gasteiger partial charge in [-0.3, -0.25) is 4.90 Å². The minimum atomic E-state index is 0.718. The lowest BCUT2D eigenvalue weighted by atomic mass is 10.1. The Balaban J connectivity index is 1.97. The highest BCUT2D eigenvalue weighted by atomic mass is 16.5. The van der Waals surface area contributed by atoms with Crippen LogP contribution in [0.15, 0.2) is 24.3 Å². The molecule has 1 heterocycles. The van der Waals surface area contributed by atoms with Crippen LogP contribution in [-0.4, -0.2) is 38.2 Å². The first kappa shape index (κ1) is 13.4. The van der Waals surface area contributed by atoms with Crippen molar-refractivity contribution in [3.8, 4) is 5.75 Å². The minimum absolute atomic E-state index is 0.718. The van der Waals surface area contributed by atoms with Gasteiger partial charge >= 0.3 is 0 Å². The SMILES string of the molecule is COc1cccc(CN2CCCNCC(C)C2)c1. The lowest BCUT2D eigenvalue weighted by Gasteiger charge is -2.28. The summed E-state index contributed by atoms with van der Waals surface area (Å²) in [6.45, 7) is 7.96. The standard InChI is InChI=1S/C15H24N2O/c1-13-10-16-7-4-8-17(11-13)12-14-5-3-6-15(9-14)18-2/h3,5-6,9,13,16H,4,7-8,10-12H2,1-2H3. The number of ether oxygens (including phenoxy) is 1. The Hall–Kier alpha value is -1.06. The van der Waals surface area contributed by atoms with Crippen molar-refractivity contribution in [2.75, 3.05) is 33.3 Å². The highest BCUT2D eigenvalue weighted by Crippen LogP contribution is 2.15. The van der Waals surface area contributed by atoms with Gasteiger partial charge in [-0.05, 0) is 49.7 Å². The van der Waals surface area contributed by atoms with Crippen molar-refractivity contribution in [2.45, 2.75) is 19.9 Å². The maximum atomic E-state index is 5.28. The summed E-state index contributed by atoms with van der Waals surface area (Å²) in [4.78, 5) is 2.56. The topological polar surface area (TPSA) is 24.5 Å². The Labute approximate surface area is 110 Å². The number of nitrogens with one attached hydrogen (secondary N) is 1. The van der Waals surface area contributed by atoms with Crippen molar-refractivity contribution in [3.05, 3.63) is 29.8 Å². The summed E-state index contributed by atoms with van der Waals surface area (Å²) < 4.78 is 5.28. The average Bonchev–Trinajstić information content (AvgIpc) is 2.36. The van der Waals surface area contributed by atoms with E-state index >= 15 is 0 Å². The van der Waals surface area contributed by atoms with Crippen LogP contribution >= 0.6 is 0 Å². The fourth-order valence-corrected chi connectivity index (χ4v) is 2.55. The molecule has 1 aromatic rings. The van der Waals surface area contributed by atoms with Gasteiger partial charge in [-0.25, -0.2) is 0 Å². The third kappa shape index (κ3) is 4.00. The van der Waals surface area contributed by atoms with Gasteiger partial charge < -0.3 is 10.1 Å². The average molecular weight is 248 g/mol. The molecule has 1 aliphatic heterocycles. The molecular weight excluding hydrogens is 224 g/mol. The van der Waals surface area contributed by atoms with Crippen LogP contribution in [0.3, 0.4) is 0 Å². The molecule has 0 aliphatic carbocycles. The molecule has 0 aromatic heterocycles. The zero-order chi connectivity index (χ0) is 12.8. The van der Waals surface area contributed by atoms with Crippen LogP contribution in [0, 0.1) is 5.92 Å². The molecule has 1 aliphatic rings. The van der Waals surface area contributed by atoms with Crippen LogP contribution in [0.5, 0.6) is 5.75 Å². The van der Waals surface area contributed by atoms with Gasteiger partial charge in [0.1, 0.15) is 5.75 Å². The molecular formula is C15H24N2O. The van der Waals surface area contributed by atoms with Crippen LogP contribution in [0.2, 0.25) is 0 Å². The van der Waals surface area contributed by atoms with Crippen LogP contribution in [-0.2, 0) is 6.54 Å². The number of rotatable bonds is 3. The summed E-state index contributed by atoms with van der Waals surface area (Å²) in [5.41, 5.74) is 1.34. The van der Waals surface area contributed by atoms with Crippen LogP contribution in [0.1, 0.15) is 18.9 Å². The second-order valence-corrected chi connectivity index (χ2v) is 5.25. The summed E-state index contributed by atoms with van der Waals surface area (Å²) in [7, 11) is 1.73. The van der Waals surface area contributed by atoms with Gasteiger partial charge in [-0.2, -0.15) is 0 Å². The summed E-state index contributed by atoms with van der Waals surface area (Å²) >= 11 is 0. The number of benzene rings is 1. The molecule has 0 amide bonds. The number of nitrogens with zero attached hydrogens (tertiary/aromatic N) is 1. The van der Waals surface area contributed by atoms with Crippen LogP contribution in [0.4, 0.5) is 0 Å². The van der Waals surface area contributed by atoms with Gasteiger partial charge in [-0.1, -0.05) is 19.1 Å². The third-order valence-corrected chi connectivity index (χ3v) is 3.43. The molecule has 1 unspecified atom stereocenters. The van der Waals surface area contributed by atoms with Crippen LogP contribution < -0.4 is 10.1 Å². The van der Waals surface area contributed by atoms with Gasteiger partial charge in [0, 0.05) is 13.1 Å². The lowest BCUT2D eigenvalue weighted by Crippen LogP contribution is -2.38. The zero-order valence-electron chi connectivity index (χ0n) is 11.5. The van der Waals surface area contributed by atoms with E-state index in [4.69, 9.17) is 4.74 Å². The summed E-state index contributed by atoms with van der Waals surface area (Å²) in [5, 5.41) is 3.49. The van der Waals surface area contributed by atoms with E-state index < -0.39 is 0 Å². The first-order valence-electron chi connectivity index (χ1n) is 6.84. The van der Waals surface area contributed by atoms with Crippen molar-refractivity contribution in [3.63, 3.8) is 0 Å². The molecule has 18 heavy (non-hydrogen) atoms. The minimum Gasteiger partial charge on any atom is -0.497 e. The van der Waals surface area contributed by atoms with E-state index in [-0.39, 0.29) is 0 Å². The molecule has 1 aromatic carbocycles. The number of methoxy groups -OCH3 is 1. The van der Waals surface area contributed by atoms with E-state index in [0.717, 1.165) is 31.3 Å². The molecule has 0 bridgehead atoms. The van der Waals surface area contributed by atoms with Gasteiger partial charge in [0.05, 0.1) is 7.11 Å². The van der Waals surface area contributed by atoms with Gasteiger partial charge in [-0.15, -0.1) is 0 Å². The Kier molecular flexibility index (Phi) is 5.02. The van der Waals surface area contributed by atoms with Crippen molar-refractivity contribution in [1.29, 1.82) is 0 Å². The largest absolute Gasteiger partial charge is 0.497 e. The molecule has 1 saturated heterocycles. The first-order valence-corrected chi connectivity index (χ1v) is 6.84. The maximum absolute atomic E-state index is 5.28. The Morgan fingerprint density at radius 2 is 2.33 bits per heavy atom. The third-order valence-electron chi connectivity index (χ3n) is 3.43. The van der Waals surface area contributed by atoms with E-state index in [0.29, 0.717) is 0 Å². The summed E-state index contributed by atoms with van der Waals surface area (Å²) in [6, 6.07) is 8.40. The quantitative estimate of drug-likeness (QED) is 0.887. The fourth-order valence-electron chi connectivity index (χ4n) is 2.55. The molecule has 0 saturated carbocycles. The lowest BCUT2D eigenvalue weighted by molar-refractivity contribution is 0.209. The van der Waals surface area contributed by atoms with Gasteiger partial charge in [0.25, 0.3) is 0 Å². The number of hydrogen-bond acceptors (Lipinski definition) is 3. The second kappa shape index (κ2) is 6.76. The second-order valence-electron chi connectivity index (χ2n) is 5.25. The first-order chi connectivity index (χ1) is 8.78. The Bertz CT molecular complexity index is 367.